The van der Waals surface area contributed by atoms with Crippen LogP contribution in [-0.2, 0) is 16.0 Å². The van der Waals surface area contributed by atoms with E-state index in [1.165, 1.54) is 12.8 Å². The maximum Gasteiger partial charge on any atom is 0.311 e. The Kier molecular flexibility index (Phi) is 4.58. The van der Waals surface area contributed by atoms with Crippen molar-refractivity contribution in [1.29, 1.82) is 0 Å². The highest BCUT2D eigenvalue weighted by Gasteiger charge is 2.19. The monoisotopic (exact) mass is 268 g/mol. The van der Waals surface area contributed by atoms with E-state index in [2.05, 4.69) is 16.8 Å². The zero-order valence-electron chi connectivity index (χ0n) is 11.0. The summed E-state index contributed by atoms with van der Waals surface area (Å²) in [5.41, 5.74) is 0.826. The number of piperidine rings is 1. The van der Waals surface area contributed by atoms with Crippen LogP contribution in [0.25, 0.3) is 0 Å². The molecule has 0 aliphatic carbocycles. The smallest absolute Gasteiger partial charge is 0.311 e. The molecule has 0 radical (unpaired) electrons. The van der Waals surface area contributed by atoms with Crippen LogP contribution >= 0.6 is 11.3 Å². The van der Waals surface area contributed by atoms with Gasteiger partial charge in [0.25, 0.3) is 0 Å². The molecule has 0 atom stereocenters. The van der Waals surface area contributed by atoms with Gasteiger partial charge in [0.2, 0.25) is 0 Å². The molecule has 100 valence electrons. The van der Waals surface area contributed by atoms with Crippen molar-refractivity contribution in [2.75, 3.05) is 24.6 Å². The average molecular weight is 268 g/mol. The molecular weight excluding hydrogens is 248 g/mol. The number of thiazole rings is 1. The lowest BCUT2D eigenvalue weighted by Gasteiger charge is -2.29. The summed E-state index contributed by atoms with van der Waals surface area (Å²) in [6.45, 7) is 6.70. The van der Waals surface area contributed by atoms with Crippen LogP contribution in [0.3, 0.4) is 0 Å². The van der Waals surface area contributed by atoms with Gasteiger partial charge in [-0.3, -0.25) is 4.79 Å². The van der Waals surface area contributed by atoms with Gasteiger partial charge in [-0.2, -0.15) is 0 Å². The number of hydrogen-bond donors (Lipinski definition) is 0. The molecule has 5 heteroatoms. The van der Waals surface area contributed by atoms with Crippen LogP contribution in [0.1, 0.15) is 32.4 Å². The molecule has 0 amide bonds. The summed E-state index contributed by atoms with van der Waals surface area (Å²) in [5.74, 6) is 0.627. The minimum Gasteiger partial charge on any atom is -0.466 e. The number of carbonyl (C=O) groups excluding carboxylic acids is 1. The molecule has 0 aromatic carbocycles. The van der Waals surface area contributed by atoms with Gasteiger partial charge in [0.1, 0.15) is 0 Å². The predicted octanol–water partition coefficient (Wildman–Crippen LogP) is 2.49. The number of aromatic nitrogens is 1. The highest BCUT2D eigenvalue weighted by Crippen LogP contribution is 2.26. The van der Waals surface area contributed by atoms with Gasteiger partial charge in [-0.25, -0.2) is 4.98 Å². The Morgan fingerprint density at radius 1 is 1.56 bits per heavy atom. The minimum atomic E-state index is -0.193. The second-order valence-electron chi connectivity index (χ2n) is 4.77. The normalized spacial score (nSPS) is 16.9. The first-order valence-corrected chi connectivity index (χ1v) is 7.42. The Hall–Kier alpha value is -1.10. The van der Waals surface area contributed by atoms with E-state index in [9.17, 15) is 4.79 Å². The van der Waals surface area contributed by atoms with Crippen LogP contribution in [0.2, 0.25) is 0 Å². The van der Waals surface area contributed by atoms with Gasteiger partial charge >= 0.3 is 5.97 Å². The molecule has 0 N–H and O–H groups in total. The van der Waals surface area contributed by atoms with E-state index in [1.807, 2.05) is 12.3 Å². The number of nitrogens with zero attached hydrogens (tertiary/aromatic N) is 2. The van der Waals surface area contributed by atoms with Crippen LogP contribution in [0.15, 0.2) is 5.38 Å². The summed E-state index contributed by atoms with van der Waals surface area (Å²) in [5, 5.41) is 3.01. The van der Waals surface area contributed by atoms with E-state index in [0.29, 0.717) is 6.61 Å². The Bertz CT molecular complexity index is 397. The van der Waals surface area contributed by atoms with Crippen molar-refractivity contribution in [2.45, 2.75) is 33.1 Å². The third-order valence-corrected chi connectivity index (χ3v) is 4.17. The lowest BCUT2D eigenvalue weighted by Crippen LogP contribution is -2.32. The highest BCUT2D eigenvalue weighted by molar-refractivity contribution is 7.13. The summed E-state index contributed by atoms with van der Waals surface area (Å²) < 4.78 is 4.93. The van der Waals surface area contributed by atoms with E-state index < -0.39 is 0 Å². The van der Waals surface area contributed by atoms with Crippen LogP contribution in [0, 0.1) is 5.92 Å². The molecule has 1 aromatic rings. The molecule has 18 heavy (non-hydrogen) atoms. The first kappa shape index (κ1) is 13.3. The Morgan fingerprint density at radius 3 is 2.94 bits per heavy atom. The van der Waals surface area contributed by atoms with Crippen molar-refractivity contribution in [1.82, 2.24) is 4.98 Å². The van der Waals surface area contributed by atoms with Crippen LogP contribution in [0.4, 0.5) is 5.13 Å². The Balaban J connectivity index is 1.91. The van der Waals surface area contributed by atoms with Crippen molar-refractivity contribution in [3.63, 3.8) is 0 Å². The Morgan fingerprint density at radius 2 is 2.28 bits per heavy atom. The lowest BCUT2D eigenvalue weighted by molar-refractivity contribution is -0.142. The molecule has 1 aromatic heterocycles. The predicted molar refractivity (Wildman–Crippen MR) is 73.1 cm³/mol. The van der Waals surface area contributed by atoms with Crippen molar-refractivity contribution < 1.29 is 9.53 Å². The first-order chi connectivity index (χ1) is 8.69. The van der Waals surface area contributed by atoms with Crippen LogP contribution in [-0.4, -0.2) is 30.6 Å². The first-order valence-electron chi connectivity index (χ1n) is 6.54. The second kappa shape index (κ2) is 6.18. The molecule has 4 nitrogen and oxygen atoms in total. The molecule has 1 aliphatic heterocycles. The van der Waals surface area contributed by atoms with Crippen molar-refractivity contribution in [3.05, 3.63) is 11.1 Å². The third kappa shape index (κ3) is 3.45. The molecule has 1 aliphatic rings. The number of carbonyl (C=O) groups is 1. The van der Waals surface area contributed by atoms with Gasteiger partial charge in [0.15, 0.2) is 5.13 Å². The molecule has 1 fully saturated rings. The zero-order chi connectivity index (χ0) is 13.0. The SMILES string of the molecule is CCOC(=O)Cc1csc(N2CCC(C)CC2)n1. The van der Waals surface area contributed by atoms with Gasteiger partial charge in [-0.15, -0.1) is 11.3 Å². The summed E-state index contributed by atoms with van der Waals surface area (Å²) in [4.78, 5) is 18.2. The van der Waals surface area contributed by atoms with Crippen LogP contribution in [0.5, 0.6) is 0 Å². The zero-order valence-corrected chi connectivity index (χ0v) is 11.8. The molecule has 2 rings (SSSR count). The molecule has 0 bridgehead atoms. The van der Waals surface area contributed by atoms with Gasteiger partial charge < -0.3 is 9.64 Å². The minimum absolute atomic E-state index is 0.193. The van der Waals surface area contributed by atoms with Crippen LogP contribution < -0.4 is 4.90 Å². The molecule has 0 saturated carbocycles. The molecule has 0 spiro atoms. The molecule has 2 heterocycles. The number of anilines is 1. The van der Waals surface area contributed by atoms with E-state index in [4.69, 9.17) is 4.74 Å². The van der Waals surface area contributed by atoms with Crippen molar-refractivity contribution >= 4 is 22.4 Å². The highest BCUT2D eigenvalue weighted by atomic mass is 32.1. The van der Waals surface area contributed by atoms with Crippen molar-refractivity contribution in [2.24, 2.45) is 5.92 Å². The summed E-state index contributed by atoms with van der Waals surface area (Å²) in [6, 6.07) is 0. The molecular formula is C13H20N2O2S. The summed E-state index contributed by atoms with van der Waals surface area (Å²) in [6.07, 6.45) is 2.74. The van der Waals surface area contributed by atoms with E-state index >= 15 is 0 Å². The van der Waals surface area contributed by atoms with E-state index in [-0.39, 0.29) is 12.4 Å². The second-order valence-corrected chi connectivity index (χ2v) is 5.61. The van der Waals surface area contributed by atoms with E-state index in [1.54, 1.807) is 11.3 Å². The maximum atomic E-state index is 11.4. The number of hydrogen-bond acceptors (Lipinski definition) is 5. The summed E-state index contributed by atoms with van der Waals surface area (Å²) in [7, 11) is 0. The fourth-order valence-corrected chi connectivity index (χ4v) is 2.96. The van der Waals surface area contributed by atoms with Crippen molar-refractivity contribution in [3.8, 4) is 0 Å². The number of rotatable bonds is 4. The quantitative estimate of drug-likeness (QED) is 0.787. The lowest BCUT2D eigenvalue weighted by atomic mass is 10.00. The van der Waals surface area contributed by atoms with Gasteiger partial charge in [0, 0.05) is 18.5 Å². The topological polar surface area (TPSA) is 42.4 Å². The fourth-order valence-electron chi connectivity index (χ4n) is 2.08. The van der Waals surface area contributed by atoms with Gasteiger partial charge in [-0.1, -0.05) is 6.92 Å². The molecule has 0 unspecified atom stereocenters. The maximum absolute atomic E-state index is 11.4. The number of ether oxygens (including phenoxy) is 1. The number of esters is 1. The fraction of sp³-hybridized carbons (Fsp3) is 0.692. The third-order valence-electron chi connectivity index (χ3n) is 3.22. The van der Waals surface area contributed by atoms with E-state index in [0.717, 1.165) is 29.8 Å². The van der Waals surface area contributed by atoms with Gasteiger partial charge in [0.05, 0.1) is 18.7 Å². The standard InChI is InChI=1S/C13H20N2O2S/c1-3-17-12(16)8-11-9-18-13(14-11)15-6-4-10(2)5-7-15/h9-10H,3-8H2,1-2H3. The van der Waals surface area contributed by atoms with Gasteiger partial charge in [-0.05, 0) is 25.7 Å². The average Bonchev–Trinajstić information content (AvgIpc) is 2.78. The molecule has 1 saturated heterocycles. The largest absolute Gasteiger partial charge is 0.466 e. The summed E-state index contributed by atoms with van der Waals surface area (Å²) >= 11 is 1.62. The Labute approximate surface area is 112 Å².